The molecule has 0 aliphatic carbocycles. The fourth-order valence-corrected chi connectivity index (χ4v) is 17.0. The van der Waals surface area contributed by atoms with Crippen molar-refractivity contribution < 1.29 is 24.0 Å². The Labute approximate surface area is 302 Å². The van der Waals surface area contributed by atoms with E-state index < -0.39 is 0 Å². The number of likely N-dealkylation sites (N-methyl/N-ethyl adjacent to an activating group) is 1. The molecule has 2 rings (SSSR count). The van der Waals surface area contributed by atoms with Gasteiger partial charge in [-0.1, -0.05) is 97.6 Å². The van der Waals surface area contributed by atoms with Gasteiger partial charge in [0.25, 0.3) is 0 Å². The first kappa shape index (κ1) is 41.3. The summed E-state index contributed by atoms with van der Waals surface area (Å²) in [5.74, 6) is -0.295. The summed E-state index contributed by atoms with van der Waals surface area (Å²) in [4.78, 5) is 60.2. The number of nitrogens with zero attached hydrogens (tertiary/aromatic N) is 1. The van der Waals surface area contributed by atoms with Crippen molar-refractivity contribution in [1.82, 2.24) is 31.5 Å². The quantitative estimate of drug-likeness (QED) is 0.0320. The number of alkyl halides is 2. The van der Waals surface area contributed by atoms with Gasteiger partial charge in [0.05, 0.1) is 20.0 Å². The average molecular weight is 945 g/mol. The van der Waals surface area contributed by atoms with E-state index in [0.29, 0.717) is 63.7 Å². The Kier molecular flexibility index (Phi) is 25.0. The lowest BCUT2D eigenvalue weighted by Gasteiger charge is -2.23. The largest absolute Gasteiger partial charge is 0.356 e. The Morgan fingerprint density at radius 1 is 0.786 bits per heavy atom. The van der Waals surface area contributed by atoms with Crippen LogP contribution in [0.2, 0.25) is 0 Å². The molecule has 1 unspecified atom stereocenters. The number of unbranched alkanes of at least 4 members (excludes halogenated alkanes) is 1. The zero-order valence-electron chi connectivity index (χ0n) is 23.2. The molecule has 11 nitrogen and oxygen atoms in total. The SMILES string of the molecule is C1SSC2(SS1)SS2.CN[C@@H](CCCCNC(=O)CCCNC(=O)N(CCNC(=O)CI)CCNC(=O)CI)C(=O)P. The van der Waals surface area contributed by atoms with Crippen molar-refractivity contribution in [3.8, 4) is 0 Å². The second-order valence-corrected chi connectivity index (χ2v) is 20.2. The Bertz CT molecular complexity index is 841. The van der Waals surface area contributed by atoms with Crippen molar-refractivity contribution in [2.45, 2.75) is 40.9 Å². The predicted molar refractivity (Wildman–Crippen MR) is 206 cm³/mol. The Morgan fingerprint density at radius 3 is 1.81 bits per heavy atom. The van der Waals surface area contributed by atoms with E-state index in [1.165, 1.54) is 9.98 Å². The van der Waals surface area contributed by atoms with Gasteiger partial charge in [-0.15, -0.1) is 0 Å². The Balaban J connectivity index is 0.000000922. The molecule has 2 aliphatic heterocycles. The molecule has 20 heteroatoms. The fourth-order valence-electron chi connectivity index (χ4n) is 3.16. The van der Waals surface area contributed by atoms with Crippen LogP contribution in [0.3, 0.4) is 0 Å². The molecule has 242 valence electrons. The molecule has 2 fully saturated rings. The summed E-state index contributed by atoms with van der Waals surface area (Å²) in [6.07, 6.45) is 3.12. The monoisotopic (exact) mass is 944 g/mol. The normalized spacial score (nSPS) is 15.4. The van der Waals surface area contributed by atoms with Crippen molar-refractivity contribution in [3.63, 3.8) is 0 Å². The van der Waals surface area contributed by atoms with Crippen molar-refractivity contribution in [1.29, 1.82) is 0 Å². The van der Waals surface area contributed by atoms with Crippen molar-refractivity contribution in [2.24, 2.45) is 0 Å². The minimum absolute atomic E-state index is 0.0305. The summed E-state index contributed by atoms with van der Waals surface area (Å²) in [6, 6.07) is -0.482. The van der Waals surface area contributed by atoms with Crippen LogP contribution >= 0.6 is 119 Å². The van der Waals surface area contributed by atoms with E-state index in [1.807, 2.05) is 110 Å². The first-order valence-electron chi connectivity index (χ1n) is 13.1. The van der Waals surface area contributed by atoms with Crippen molar-refractivity contribution >= 4 is 148 Å². The summed E-state index contributed by atoms with van der Waals surface area (Å²) in [6.45, 7) is 2.14. The zero-order valence-corrected chi connectivity index (χ0v) is 33.6. The fraction of sp³-hybridized carbons (Fsp3) is 0.773. The molecule has 2 aliphatic rings. The lowest BCUT2D eigenvalue weighted by Crippen LogP contribution is -2.47. The summed E-state index contributed by atoms with van der Waals surface area (Å²) in [5, 5.41) is 15.3. The maximum atomic E-state index is 12.5. The number of carbonyl (C=O) groups is 5. The highest BCUT2D eigenvalue weighted by molar-refractivity contribution is 14.1. The van der Waals surface area contributed by atoms with Crippen LogP contribution in [0.15, 0.2) is 0 Å². The maximum absolute atomic E-state index is 12.5. The standard InChI is InChI=1S/C20H37I2N6O5P.C2H2S6/c1-23-15(19(32)34)5-2-3-7-24-16(29)6-4-8-27-20(33)28(11-9-25-17(30)13-21)12-10-26-18(31)14-22;1-3-5-2(6-4-1)7-8-2/h15,23H,2-14,34H2,1H3,(H,24,29)(H,25,30)(H,26,31)(H,27,33);1H2/t15-;/m0./s1. The molecule has 0 radical (unpaired) electrons. The number of halogens is 2. The molecule has 0 saturated carbocycles. The molecule has 0 aromatic rings. The first-order chi connectivity index (χ1) is 20.2. The molecule has 0 bridgehead atoms. The van der Waals surface area contributed by atoms with Crippen molar-refractivity contribution in [2.75, 3.05) is 60.3 Å². The van der Waals surface area contributed by atoms with Crippen LogP contribution < -0.4 is 26.6 Å². The van der Waals surface area contributed by atoms with Gasteiger partial charge in [0.1, 0.15) is 0 Å². The number of hydrogen-bond donors (Lipinski definition) is 5. The molecule has 5 N–H and O–H groups in total. The second kappa shape index (κ2) is 25.4. The van der Waals surface area contributed by atoms with E-state index in [2.05, 4.69) is 35.8 Å². The van der Waals surface area contributed by atoms with Crippen LogP contribution in [0.25, 0.3) is 0 Å². The van der Waals surface area contributed by atoms with E-state index in [4.69, 9.17) is 0 Å². The Morgan fingerprint density at radius 2 is 1.33 bits per heavy atom. The predicted octanol–water partition coefficient (Wildman–Crippen LogP) is 3.88. The average Bonchev–Trinajstić information content (AvgIpc) is 3.74. The number of rotatable bonds is 19. The third-order valence-electron chi connectivity index (χ3n) is 5.37. The molecule has 2 saturated heterocycles. The zero-order chi connectivity index (χ0) is 31.2. The van der Waals surface area contributed by atoms with Gasteiger partial charge in [0.15, 0.2) is 8.27 Å². The number of hydrogen-bond acceptors (Lipinski definition) is 12. The van der Waals surface area contributed by atoms with Gasteiger partial charge in [-0.05, 0) is 54.3 Å². The summed E-state index contributed by atoms with van der Waals surface area (Å²) >= 11 is 3.93. The van der Waals surface area contributed by atoms with Crippen molar-refractivity contribution in [3.05, 3.63) is 0 Å². The van der Waals surface area contributed by atoms with Gasteiger partial charge in [-0.3, -0.25) is 19.2 Å². The van der Waals surface area contributed by atoms with Crippen LogP contribution in [0.4, 0.5) is 4.79 Å². The number of amides is 5. The van der Waals surface area contributed by atoms with Gasteiger partial charge in [-0.25, -0.2) is 4.79 Å². The van der Waals surface area contributed by atoms with Gasteiger partial charge in [0.2, 0.25) is 17.7 Å². The third-order valence-corrected chi connectivity index (χ3v) is 20.1. The van der Waals surface area contributed by atoms with E-state index in [-0.39, 0.29) is 35.3 Å². The number of nitrogens with one attached hydrogen (secondary N) is 5. The summed E-state index contributed by atoms with van der Waals surface area (Å²) in [5.41, 5.74) is 0.0305. The smallest absolute Gasteiger partial charge is 0.317 e. The highest BCUT2D eigenvalue weighted by Crippen LogP contribution is 2.83. The second-order valence-electron chi connectivity index (χ2n) is 8.57. The van der Waals surface area contributed by atoms with E-state index >= 15 is 0 Å². The van der Waals surface area contributed by atoms with Gasteiger partial charge in [-0.2, -0.15) is 0 Å². The molecule has 5 amide bonds. The van der Waals surface area contributed by atoms with Gasteiger partial charge < -0.3 is 31.5 Å². The number of carbonyl (C=O) groups excluding carboxylic acids is 5. The first-order valence-corrected chi connectivity index (χ1v) is 23.5. The topological polar surface area (TPSA) is 149 Å². The van der Waals surface area contributed by atoms with Gasteiger partial charge >= 0.3 is 6.03 Å². The van der Waals surface area contributed by atoms with Crippen LogP contribution in [-0.4, -0.2) is 103 Å². The summed E-state index contributed by atoms with van der Waals surface area (Å²) < 4.78 is 1.20. The van der Waals surface area contributed by atoms with E-state index in [0.717, 1.165) is 19.3 Å². The molecular formula is C22H39I2N6O5PS6. The third kappa shape index (κ3) is 20.4. The maximum Gasteiger partial charge on any atom is 0.317 e. The molecule has 2 heterocycles. The Hall–Kier alpha value is 1.30. The van der Waals surface area contributed by atoms with Crippen LogP contribution in [-0.2, 0) is 19.2 Å². The van der Waals surface area contributed by atoms with E-state index in [1.54, 1.807) is 7.05 Å². The van der Waals surface area contributed by atoms with E-state index in [9.17, 15) is 24.0 Å². The lowest BCUT2D eigenvalue weighted by molar-refractivity contribution is -0.121. The lowest BCUT2D eigenvalue weighted by atomic mass is 10.1. The molecule has 0 aromatic heterocycles. The number of urea groups is 1. The molecule has 42 heavy (non-hydrogen) atoms. The van der Waals surface area contributed by atoms with Crippen LogP contribution in [0.5, 0.6) is 0 Å². The molecule has 2 atom stereocenters. The summed E-state index contributed by atoms with van der Waals surface area (Å²) in [7, 11) is 15.9. The minimum Gasteiger partial charge on any atom is -0.356 e. The van der Waals surface area contributed by atoms with Crippen LogP contribution in [0, 0.1) is 0 Å². The van der Waals surface area contributed by atoms with Gasteiger partial charge in [0, 0.05) is 45.7 Å². The molecule has 1 spiro atoms. The highest BCUT2D eigenvalue weighted by Gasteiger charge is 2.50. The van der Waals surface area contributed by atoms with Crippen LogP contribution in [0.1, 0.15) is 32.1 Å². The molecule has 0 aromatic carbocycles. The molecular weight excluding hydrogens is 905 g/mol. The highest BCUT2D eigenvalue weighted by atomic mass is 127. The minimum atomic E-state index is -0.310.